The van der Waals surface area contributed by atoms with Crippen LogP contribution in [0, 0.1) is 23.5 Å². The van der Waals surface area contributed by atoms with Gasteiger partial charge in [-0.3, -0.25) is 4.79 Å². The molecule has 2 atom stereocenters. The zero-order valence-electron chi connectivity index (χ0n) is 8.06. The van der Waals surface area contributed by atoms with Crippen molar-refractivity contribution in [3.05, 3.63) is 33.8 Å². The van der Waals surface area contributed by atoms with Gasteiger partial charge in [0, 0.05) is 5.92 Å². The van der Waals surface area contributed by atoms with Crippen LogP contribution in [0.1, 0.15) is 23.7 Å². The number of halogens is 3. The number of hydrogen-bond acceptors (Lipinski definition) is 1. The van der Waals surface area contributed by atoms with Crippen molar-refractivity contribution in [2.75, 3.05) is 0 Å². The smallest absolute Gasteiger partial charge is 0.169 e. The molecule has 2 rings (SSSR count). The normalized spacial score (nSPS) is 24.0. The summed E-state index contributed by atoms with van der Waals surface area (Å²) in [4.78, 5) is 11.7. The Morgan fingerprint density at radius 3 is 2.53 bits per heavy atom. The standard InChI is InChI=1S/C11H9BrF2O/c1-5-2-6(5)11(15)7-3-10(14)8(12)4-9(7)13/h3-6H,2H2,1H3. The maximum absolute atomic E-state index is 13.4. The lowest BCUT2D eigenvalue weighted by atomic mass is 10.1. The molecule has 1 aliphatic rings. The van der Waals surface area contributed by atoms with E-state index in [0.29, 0.717) is 5.92 Å². The summed E-state index contributed by atoms with van der Waals surface area (Å²) >= 11 is 2.87. The van der Waals surface area contributed by atoms with Crippen molar-refractivity contribution in [1.82, 2.24) is 0 Å². The number of ketones is 1. The molecule has 0 N–H and O–H groups in total. The van der Waals surface area contributed by atoms with Gasteiger partial charge in [0.1, 0.15) is 11.6 Å². The Morgan fingerprint density at radius 2 is 2.00 bits per heavy atom. The fourth-order valence-electron chi connectivity index (χ4n) is 1.60. The van der Waals surface area contributed by atoms with Crippen molar-refractivity contribution >= 4 is 21.7 Å². The molecule has 1 aromatic carbocycles. The SMILES string of the molecule is CC1CC1C(=O)c1cc(F)c(Br)cc1F. The Balaban J connectivity index is 2.36. The van der Waals surface area contributed by atoms with Gasteiger partial charge in [-0.05, 0) is 40.4 Å². The molecule has 1 fully saturated rings. The number of hydrogen-bond donors (Lipinski definition) is 0. The molecule has 1 aromatic rings. The molecule has 1 nitrogen and oxygen atoms in total. The maximum Gasteiger partial charge on any atom is 0.169 e. The van der Waals surface area contributed by atoms with E-state index in [1.165, 1.54) is 0 Å². The molecule has 1 aliphatic carbocycles. The highest BCUT2D eigenvalue weighted by Gasteiger charge is 2.40. The van der Waals surface area contributed by atoms with Gasteiger partial charge in [-0.2, -0.15) is 0 Å². The summed E-state index contributed by atoms with van der Waals surface area (Å²) in [5.41, 5.74) is -0.134. The monoisotopic (exact) mass is 274 g/mol. The van der Waals surface area contributed by atoms with E-state index in [4.69, 9.17) is 0 Å². The molecule has 0 aliphatic heterocycles. The van der Waals surface area contributed by atoms with E-state index in [1.54, 1.807) is 0 Å². The van der Waals surface area contributed by atoms with Gasteiger partial charge in [0.25, 0.3) is 0 Å². The molecule has 0 spiro atoms. The van der Waals surface area contributed by atoms with E-state index >= 15 is 0 Å². The third-order valence-electron chi connectivity index (χ3n) is 2.72. The van der Waals surface area contributed by atoms with Gasteiger partial charge in [-0.1, -0.05) is 6.92 Å². The lowest BCUT2D eigenvalue weighted by Gasteiger charge is -2.03. The first kappa shape index (κ1) is 10.7. The Morgan fingerprint density at radius 1 is 1.40 bits per heavy atom. The van der Waals surface area contributed by atoms with Crippen molar-refractivity contribution in [3.8, 4) is 0 Å². The van der Waals surface area contributed by atoms with Crippen LogP contribution < -0.4 is 0 Å². The second kappa shape index (κ2) is 3.67. The highest BCUT2D eigenvalue weighted by atomic mass is 79.9. The number of benzene rings is 1. The third kappa shape index (κ3) is 1.95. The van der Waals surface area contributed by atoms with Crippen LogP contribution in [0.2, 0.25) is 0 Å². The molecule has 2 unspecified atom stereocenters. The van der Waals surface area contributed by atoms with Crippen LogP contribution in [0.5, 0.6) is 0 Å². The van der Waals surface area contributed by atoms with Crippen LogP contribution >= 0.6 is 15.9 Å². The van der Waals surface area contributed by atoms with Crippen molar-refractivity contribution in [3.63, 3.8) is 0 Å². The summed E-state index contributed by atoms with van der Waals surface area (Å²) in [5, 5.41) is 0. The Hall–Kier alpha value is -0.770. The second-order valence-corrected chi connectivity index (χ2v) is 4.78. The van der Waals surface area contributed by atoms with Crippen LogP contribution in [0.25, 0.3) is 0 Å². The Kier molecular flexibility index (Phi) is 2.63. The van der Waals surface area contributed by atoms with Gasteiger partial charge in [-0.25, -0.2) is 8.78 Å². The zero-order chi connectivity index (χ0) is 11.2. The Bertz CT molecular complexity index is 431. The number of rotatable bonds is 2. The largest absolute Gasteiger partial charge is 0.294 e. The summed E-state index contributed by atoms with van der Waals surface area (Å²) in [6.07, 6.45) is 0.774. The topological polar surface area (TPSA) is 17.1 Å². The summed E-state index contributed by atoms with van der Waals surface area (Å²) < 4.78 is 26.6. The molecule has 80 valence electrons. The lowest BCUT2D eigenvalue weighted by Crippen LogP contribution is -2.06. The molecule has 0 heterocycles. The zero-order valence-corrected chi connectivity index (χ0v) is 9.64. The second-order valence-electron chi connectivity index (χ2n) is 3.93. The highest BCUT2D eigenvalue weighted by molar-refractivity contribution is 9.10. The molecule has 1 saturated carbocycles. The molecule has 0 radical (unpaired) electrons. The van der Waals surface area contributed by atoms with Crippen molar-refractivity contribution in [2.45, 2.75) is 13.3 Å². The van der Waals surface area contributed by atoms with E-state index in [-0.39, 0.29) is 21.7 Å². The fourth-order valence-corrected chi connectivity index (χ4v) is 1.91. The number of Topliss-reactive ketones (excluding diaryl/α,β-unsaturated/α-hetero) is 1. The van der Waals surface area contributed by atoms with Gasteiger partial charge in [0.2, 0.25) is 0 Å². The van der Waals surface area contributed by atoms with E-state index in [1.807, 2.05) is 6.92 Å². The first-order chi connectivity index (χ1) is 7.00. The van der Waals surface area contributed by atoms with Crippen LogP contribution in [-0.2, 0) is 0 Å². The summed E-state index contributed by atoms with van der Waals surface area (Å²) in [7, 11) is 0. The number of carbonyl (C=O) groups excluding carboxylic acids is 1. The molecular weight excluding hydrogens is 266 g/mol. The van der Waals surface area contributed by atoms with Crippen molar-refractivity contribution < 1.29 is 13.6 Å². The average molecular weight is 275 g/mol. The van der Waals surface area contributed by atoms with E-state index in [9.17, 15) is 13.6 Å². The van der Waals surface area contributed by atoms with Gasteiger partial charge >= 0.3 is 0 Å². The van der Waals surface area contributed by atoms with Crippen LogP contribution in [0.3, 0.4) is 0 Å². The molecule has 0 bridgehead atoms. The quantitative estimate of drug-likeness (QED) is 0.595. The Labute approximate surface area is 94.6 Å². The summed E-state index contributed by atoms with van der Waals surface area (Å²) in [6.45, 7) is 1.93. The molecule has 4 heteroatoms. The van der Waals surface area contributed by atoms with Gasteiger partial charge in [-0.15, -0.1) is 0 Å². The fraction of sp³-hybridized carbons (Fsp3) is 0.364. The highest BCUT2D eigenvalue weighted by Crippen LogP contribution is 2.40. The van der Waals surface area contributed by atoms with E-state index in [0.717, 1.165) is 18.6 Å². The average Bonchev–Trinajstić information content (AvgIpc) is 2.88. The molecule has 0 amide bonds. The molecular formula is C11H9BrF2O. The van der Waals surface area contributed by atoms with Gasteiger partial charge in [0.15, 0.2) is 5.78 Å². The first-order valence-electron chi connectivity index (χ1n) is 4.69. The van der Waals surface area contributed by atoms with Crippen molar-refractivity contribution in [1.29, 1.82) is 0 Å². The predicted octanol–water partition coefficient (Wildman–Crippen LogP) is 3.57. The number of carbonyl (C=O) groups is 1. The van der Waals surface area contributed by atoms with Gasteiger partial charge < -0.3 is 0 Å². The minimum absolute atomic E-state index is 0.0420. The first-order valence-corrected chi connectivity index (χ1v) is 5.48. The lowest BCUT2D eigenvalue weighted by molar-refractivity contribution is 0.0958. The minimum Gasteiger partial charge on any atom is -0.294 e. The van der Waals surface area contributed by atoms with Crippen LogP contribution in [-0.4, -0.2) is 5.78 Å². The van der Waals surface area contributed by atoms with Crippen LogP contribution in [0.15, 0.2) is 16.6 Å². The van der Waals surface area contributed by atoms with Crippen molar-refractivity contribution in [2.24, 2.45) is 11.8 Å². The maximum atomic E-state index is 13.4. The molecule has 0 aromatic heterocycles. The van der Waals surface area contributed by atoms with Crippen LogP contribution in [0.4, 0.5) is 8.78 Å². The summed E-state index contributed by atoms with van der Waals surface area (Å²) in [5.74, 6) is -1.38. The summed E-state index contributed by atoms with van der Waals surface area (Å²) in [6, 6.07) is 1.96. The van der Waals surface area contributed by atoms with E-state index in [2.05, 4.69) is 15.9 Å². The third-order valence-corrected chi connectivity index (χ3v) is 3.33. The minimum atomic E-state index is -0.660. The van der Waals surface area contributed by atoms with Gasteiger partial charge in [0.05, 0.1) is 10.0 Å². The van der Waals surface area contributed by atoms with E-state index < -0.39 is 11.6 Å². The predicted molar refractivity (Wildman–Crippen MR) is 55.7 cm³/mol. The molecule has 15 heavy (non-hydrogen) atoms. The molecule has 0 saturated heterocycles.